The molecule has 0 fully saturated rings. The molecular formula is C17H15NO. The summed E-state index contributed by atoms with van der Waals surface area (Å²) in [4.78, 5) is 0. The molecule has 0 aliphatic rings. The number of fused-ring (bicyclic) bond motifs is 1. The summed E-state index contributed by atoms with van der Waals surface area (Å²) in [7, 11) is 0. The Balaban J connectivity index is 2.11. The Morgan fingerprint density at radius 2 is 1.53 bits per heavy atom. The second kappa shape index (κ2) is 4.75. The molecule has 2 nitrogen and oxygen atoms in total. The number of hydrogen-bond acceptors (Lipinski definition) is 2. The molecule has 0 amide bonds. The second-order valence-corrected chi connectivity index (χ2v) is 4.68. The molecule has 0 heterocycles. The molecule has 3 rings (SSSR count). The molecule has 2 heteroatoms. The van der Waals surface area contributed by atoms with Crippen LogP contribution in [0, 0.1) is 0 Å². The first-order chi connectivity index (χ1) is 9.26. The highest BCUT2D eigenvalue weighted by Gasteiger charge is 2.01. The molecule has 0 aromatic heterocycles. The van der Waals surface area contributed by atoms with Gasteiger partial charge in [-0.3, -0.25) is 0 Å². The second-order valence-electron chi connectivity index (χ2n) is 4.68. The molecule has 94 valence electrons. The summed E-state index contributed by atoms with van der Waals surface area (Å²) in [5.74, 6) is 0. The Labute approximate surface area is 112 Å². The van der Waals surface area contributed by atoms with Gasteiger partial charge >= 0.3 is 0 Å². The zero-order valence-corrected chi connectivity index (χ0v) is 10.5. The molecule has 0 radical (unpaired) electrons. The van der Waals surface area contributed by atoms with Gasteiger partial charge in [-0.1, -0.05) is 36.4 Å². The van der Waals surface area contributed by atoms with E-state index in [1.807, 2.05) is 36.4 Å². The van der Waals surface area contributed by atoms with E-state index in [9.17, 15) is 0 Å². The smallest absolute Gasteiger partial charge is 0.0682 e. The highest BCUT2D eigenvalue weighted by atomic mass is 16.3. The number of anilines is 1. The topological polar surface area (TPSA) is 46.2 Å². The highest BCUT2D eigenvalue weighted by molar-refractivity contribution is 5.88. The van der Waals surface area contributed by atoms with Crippen LogP contribution in [0.5, 0.6) is 0 Å². The minimum Gasteiger partial charge on any atom is -0.399 e. The maximum absolute atomic E-state index is 9.15. The van der Waals surface area contributed by atoms with E-state index in [0.29, 0.717) is 0 Å². The molecule has 3 N–H and O–H groups in total. The van der Waals surface area contributed by atoms with Gasteiger partial charge in [0.25, 0.3) is 0 Å². The molecule has 0 aliphatic heterocycles. The van der Waals surface area contributed by atoms with Crippen molar-refractivity contribution in [2.45, 2.75) is 6.61 Å². The number of rotatable bonds is 2. The summed E-state index contributed by atoms with van der Waals surface area (Å²) < 4.78 is 0. The zero-order valence-electron chi connectivity index (χ0n) is 10.5. The first-order valence-corrected chi connectivity index (χ1v) is 6.26. The lowest BCUT2D eigenvalue weighted by Crippen LogP contribution is -1.86. The minimum absolute atomic E-state index is 0.0763. The summed E-state index contributed by atoms with van der Waals surface area (Å²) in [6, 6.07) is 20.2. The molecule has 0 saturated carbocycles. The summed E-state index contributed by atoms with van der Waals surface area (Å²) in [6.45, 7) is 0.0763. The van der Waals surface area contributed by atoms with Crippen LogP contribution >= 0.6 is 0 Å². The number of aliphatic hydroxyl groups is 1. The number of nitrogens with two attached hydrogens (primary N) is 1. The summed E-state index contributed by atoms with van der Waals surface area (Å²) in [6.07, 6.45) is 0. The Kier molecular flexibility index (Phi) is 2.94. The summed E-state index contributed by atoms with van der Waals surface area (Å²) in [5.41, 5.74) is 9.79. The number of aliphatic hydroxyl groups excluding tert-OH is 1. The van der Waals surface area contributed by atoms with E-state index in [-0.39, 0.29) is 6.61 Å². The largest absolute Gasteiger partial charge is 0.399 e. The van der Waals surface area contributed by atoms with Crippen molar-refractivity contribution in [2.75, 3.05) is 5.73 Å². The van der Waals surface area contributed by atoms with E-state index in [0.717, 1.165) is 33.2 Å². The van der Waals surface area contributed by atoms with Crippen molar-refractivity contribution >= 4 is 16.5 Å². The maximum Gasteiger partial charge on any atom is 0.0682 e. The first kappa shape index (κ1) is 11.8. The van der Waals surface area contributed by atoms with Crippen LogP contribution in [0.1, 0.15) is 5.56 Å². The van der Waals surface area contributed by atoms with E-state index in [4.69, 9.17) is 10.8 Å². The first-order valence-electron chi connectivity index (χ1n) is 6.26. The van der Waals surface area contributed by atoms with Crippen molar-refractivity contribution in [3.8, 4) is 11.1 Å². The third-order valence-corrected chi connectivity index (χ3v) is 3.31. The van der Waals surface area contributed by atoms with Gasteiger partial charge in [-0.25, -0.2) is 0 Å². The van der Waals surface area contributed by atoms with Crippen molar-refractivity contribution in [2.24, 2.45) is 0 Å². The van der Waals surface area contributed by atoms with Crippen LogP contribution in [0.15, 0.2) is 60.7 Å². The van der Waals surface area contributed by atoms with Crippen LogP contribution in [0.3, 0.4) is 0 Å². The normalized spacial score (nSPS) is 10.8. The molecule has 0 aliphatic carbocycles. The van der Waals surface area contributed by atoms with Gasteiger partial charge in [0.2, 0.25) is 0 Å². The number of hydrogen-bond donors (Lipinski definition) is 2. The number of benzene rings is 3. The Morgan fingerprint density at radius 1 is 0.789 bits per heavy atom. The Morgan fingerprint density at radius 3 is 2.32 bits per heavy atom. The van der Waals surface area contributed by atoms with Crippen LogP contribution in [0.4, 0.5) is 5.69 Å². The van der Waals surface area contributed by atoms with Crippen LogP contribution in [0.2, 0.25) is 0 Å². The third kappa shape index (κ3) is 2.30. The Hall–Kier alpha value is -2.32. The SMILES string of the molecule is Nc1cccc(-c2ccc3cc(CO)ccc3c2)c1. The lowest BCUT2D eigenvalue weighted by atomic mass is 10.00. The maximum atomic E-state index is 9.15. The average molecular weight is 249 g/mol. The quantitative estimate of drug-likeness (QED) is 0.682. The van der Waals surface area contributed by atoms with Crippen molar-refractivity contribution in [3.63, 3.8) is 0 Å². The lowest BCUT2D eigenvalue weighted by molar-refractivity contribution is 0.282. The molecule has 19 heavy (non-hydrogen) atoms. The van der Waals surface area contributed by atoms with E-state index in [2.05, 4.69) is 24.3 Å². The fourth-order valence-electron chi connectivity index (χ4n) is 2.29. The molecule has 0 atom stereocenters. The number of nitrogen functional groups attached to an aromatic ring is 1. The van der Waals surface area contributed by atoms with Crippen molar-refractivity contribution < 1.29 is 5.11 Å². The lowest BCUT2D eigenvalue weighted by Gasteiger charge is -2.06. The standard InChI is InChI=1S/C17H15NO/c18-17-3-1-2-13(10-17)16-7-6-14-8-12(11-19)4-5-15(14)9-16/h1-10,19H,11,18H2. The summed E-state index contributed by atoms with van der Waals surface area (Å²) >= 11 is 0. The van der Waals surface area contributed by atoms with Crippen LogP contribution < -0.4 is 5.73 Å². The third-order valence-electron chi connectivity index (χ3n) is 3.31. The minimum atomic E-state index is 0.0763. The van der Waals surface area contributed by atoms with Gasteiger partial charge in [-0.05, 0) is 51.7 Å². The van der Waals surface area contributed by atoms with Crippen molar-refractivity contribution in [1.82, 2.24) is 0 Å². The van der Waals surface area contributed by atoms with E-state index < -0.39 is 0 Å². The fourth-order valence-corrected chi connectivity index (χ4v) is 2.29. The predicted octanol–water partition coefficient (Wildman–Crippen LogP) is 3.58. The van der Waals surface area contributed by atoms with Crippen LogP contribution in [-0.4, -0.2) is 5.11 Å². The molecule has 0 bridgehead atoms. The van der Waals surface area contributed by atoms with Gasteiger partial charge in [0.05, 0.1) is 6.61 Å². The molecule has 3 aromatic rings. The monoisotopic (exact) mass is 249 g/mol. The van der Waals surface area contributed by atoms with Gasteiger partial charge in [0, 0.05) is 5.69 Å². The van der Waals surface area contributed by atoms with Crippen molar-refractivity contribution in [3.05, 3.63) is 66.2 Å². The molecule has 3 aromatic carbocycles. The summed E-state index contributed by atoms with van der Waals surface area (Å²) in [5, 5.41) is 11.4. The van der Waals surface area contributed by atoms with E-state index in [1.54, 1.807) is 0 Å². The highest BCUT2D eigenvalue weighted by Crippen LogP contribution is 2.26. The fraction of sp³-hybridized carbons (Fsp3) is 0.0588. The van der Waals surface area contributed by atoms with Gasteiger partial charge in [-0.2, -0.15) is 0 Å². The average Bonchev–Trinajstić information content (AvgIpc) is 2.46. The Bertz CT molecular complexity index is 734. The van der Waals surface area contributed by atoms with Gasteiger partial charge in [0.15, 0.2) is 0 Å². The van der Waals surface area contributed by atoms with Gasteiger partial charge in [-0.15, -0.1) is 0 Å². The van der Waals surface area contributed by atoms with E-state index in [1.165, 1.54) is 0 Å². The van der Waals surface area contributed by atoms with Crippen LogP contribution in [0.25, 0.3) is 21.9 Å². The molecular weight excluding hydrogens is 234 g/mol. The van der Waals surface area contributed by atoms with Gasteiger partial charge < -0.3 is 10.8 Å². The molecule has 0 unspecified atom stereocenters. The zero-order chi connectivity index (χ0) is 13.2. The van der Waals surface area contributed by atoms with E-state index >= 15 is 0 Å². The van der Waals surface area contributed by atoms with Gasteiger partial charge in [0.1, 0.15) is 0 Å². The molecule has 0 spiro atoms. The van der Waals surface area contributed by atoms with Crippen molar-refractivity contribution in [1.29, 1.82) is 0 Å². The predicted molar refractivity (Wildman–Crippen MR) is 79.7 cm³/mol. The van der Waals surface area contributed by atoms with Crippen LogP contribution in [-0.2, 0) is 6.61 Å². The molecule has 0 saturated heterocycles.